The third kappa shape index (κ3) is 4.08. The molecule has 9 heteroatoms. The summed E-state index contributed by atoms with van der Waals surface area (Å²) in [4.78, 5) is 34.9. The van der Waals surface area contributed by atoms with Gasteiger partial charge in [0.05, 0.1) is 11.8 Å². The molecule has 1 N–H and O–H groups in total. The molecule has 162 valence electrons. The summed E-state index contributed by atoms with van der Waals surface area (Å²) in [5.74, 6) is 0.826. The number of carbonyl (C=O) groups is 1. The van der Waals surface area contributed by atoms with Gasteiger partial charge in [-0.05, 0) is 25.8 Å². The van der Waals surface area contributed by atoms with Gasteiger partial charge in [-0.1, -0.05) is 37.2 Å². The predicted molar refractivity (Wildman–Crippen MR) is 117 cm³/mol. The Hall–Kier alpha value is -3.49. The molecule has 0 saturated heterocycles. The molecular formula is C22H26N6O3. The molecule has 0 aliphatic rings. The Morgan fingerprint density at radius 1 is 1.26 bits per heavy atom. The second kappa shape index (κ2) is 8.71. The SMILES string of the molecule is CCCc1noc(Cn2cnc3c4ccccc4n(CC(=O)N[C@@H](C)CC)c3c2=O)n1. The highest BCUT2D eigenvalue weighted by Gasteiger charge is 2.19. The zero-order valence-corrected chi connectivity index (χ0v) is 18.0. The average Bonchev–Trinajstić information content (AvgIpc) is 3.33. The molecule has 0 fully saturated rings. The van der Waals surface area contributed by atoms with Crippen LogP contribution in [0.15, 0.2) is 39.9 Å². The number of amides is 1. The summed E-state index contributed by atoms with van der Waals surface area (Å²) >= 11 is 0. The Kier molecular flexibility index (Phi) is 5.83. The molecule has 1 atom stereocenters. The van der Waals surface area contributed by atoms with E-state index in [0.29, 0.717) is 22.7 Å². The highest BCUT2D eigenvalue weighted by molar-refractivity contribution is 6.06. The van der Waals surface area contributed by atoms with E-state index in [1.54, 1.807) is 4.57 Å². The van der Waals surface area contributed by atoms with E-state index in [1.807, 2.05) is 45.0 Å². The topological polar surface area (TPSA) is 108 Å². The van der Waals surface area contributed by atoms with Crippen molar-refractivity contribution < 1.29 is 9.32 Å². The van der Waals surface area contributed by atoms with Gasteiger partial charge in [0.2, 0.25) is 11.8 Å². The summed E-state index contributed by atoms with van der Waals surface area (Å²) in [5.41, 5.74) is 1.50. The highest BCUT2D eigenvalue weighted by atomic mass is 16.5. The van der Waals surface area contributed by atoms with E-state index in [0.717, 1.165) is 30.2 Å². The Morgan fingerprint density at radius 3 is 2.84 bits per heavy atom. The van der Waals surface area contributed by atoms with E-state index in [2.05, 4.69) is 20.4 Å². The summed E-state index contributed by atoms with van der Waals surface area (Å²) in [6.45, 7) is 6.16. The first kappa shape index (κ1) is 20.8. The Morgan fingerprint density at radius 2 is 2.06 bits per heavy atom. The lowest BCUT2D eigenvalue weighted by molar-refractivity contribution is -0.122. The minimum absolute atomic E-state index is 0.0382. The molecule has 0 aliphatic carbocycles. The van der Waals surface area contributed by atoms with E-state index >= 15 is 0 Å². The molecule has 0 aliphatic heterocycles. The number of para-hydroxylation sites is 1. The van der Waals surface area contributed by atoms with Crippen LogP contribution < -0.4 is 10.9 Å². The van der Waals surface area contributed by atoms with Crippen LogP contribution in [0.5, 0.6) is 0 Å². The van der Waals surface area contributed by atoms with Gasteiger partial charge in [0.1, 0.15) is 24.1 Å². The van der Waals surface area contributed by atoms with Crippen LogP contribution in [0.25, 0.3) is 21.9 Å². The van der Waals surface area contributed by atoms with Gasteiger partial charge < -0.3 is 14.4 Å². The van der Waals surface area contributed by atoms with Gasteiger partial charge >= 0.3 is 0 Å². The predicted octanol–water partition coefficient (Wildman–Crippen LogP) is 2.65. The molecule has 0 bridgehead atoms. The smallest absolute Gasteiger partial charge is 0.278 e. The first-order valence-corrected chi connectivity index (χ1v) is 10.6. The molecule has 9 nitrogen and oxygen atoms in total. The summed E-state index contributed by atoms with van der Waals surface area (Å²) in [6, 6.07) is 7.65. The maximum atomic E-state index is 13.4. The van der Waals surface area contributed by atoms with Gasteiger partial charge in [-0.15, -0.1) is 0 Å². The van der Waals surface area contributed by atoms with Crippen molar-refractivity contribution in [1.82, 2.24) is 29.6 Å². The van der Waals surface area contributed by atoms with Crippen LogP contribution >= 0.6 is 0 Å². The Labute approximate surface area is 179 Å². The van der Waals surface area contributed by atoms with Crippen molar-refractivity contribution in [2.24, 2.45) is 0 Å². The van der Waals surface area contributed by atoms with E-state index in [1.165, 1.54) is 10.9 Å². The number of aryl methyl sites for hydroxylation is 1. The highest BCUT2D eigenvalue weighted by Crippen LogP contribution is 2.25. The molecular weight excluding hydrogens is 396 g/mol. The molecule has 3 aromatic heterocycles. The van der Waals surface area contributed by atoms with E-state index < -0.39 is 0 Å². The van der Waals surface area contributed by atoms with Crippen LogP contribution in [-0.2, 0) is 24.3 Å². The van der Waals surface area contributed by atoms with Crippen LogP contribution in [0.2, 0.25) is 0 Å². The lowest BCUT2D eigenvalue weighted by Gasteiger charge is -2.13. The van der Waals surface area contributed by atoms with Gasteiger partial charge in [0.25, 0.3) is 5.56 Å². The van der Waals surface area contributed by atoms with Crippen LogP contribution in [0.3, 0.4) is 0 Å². The number of fused-ring (bicyclic) bond motifs is 3. The van der Waals surface area contributed by atoms with Crippen LogP contribution in [0.1, 0.15) is 45.3 Å². The maximum Gasteiger partial charge on any atom is 0.278 e. The number of nitrogens with zero attached hydrogens (tertiary/aromatic N) is 5. The normalized spacial score (nSPS) is 12.5. The Balaban J connectivity index is 1.78. The van der Waals surface area contributed by atoms with Gasteiger partial charge in [-0.3, -0.25) is 14.2 Å². The molecule has 0 unspecified atom stereocenters. The molecule has 0 radical (unpaired) electrons. The van der Waals surface area contributed by atoms with Gasteiger partial charge in [-0.25, -0.2) is 4.98 Å². The number of aromatic nitrogens is 5. The van der Waals surface area contributed by atoms with Crippen molar-refractivity contribution in [2.75, 3.05) is 0 Å². The quantitative estimate of drug-likeness (QED) is 0.468. The molecule has 1 aromatic carbocycles. The molecule has 4 aromatic rings. The average molecular weight is 422 g/mol. The summed E-state index contributed by atoms with van der Waals surface area (Å²) in [5, 5.41) is 7.74. The van der Waals surface area contributed by atoms with Crippen molar-refractivity contribution in [3.05, 3.63) is 52.7 Å². The second-order valence-corrected chi connectivity index (χ2v) is 7.71. The van der Waals surface area contributed by atoms with Crippen LogP contribution in [0.4, 0.5) is 0 Å². The first-order valence-electron chi connectivity index (χ1n) is 10.6. The first-order chi connectivity index (χ1) is 15.0. The lowest BCUT2D eigenvalue weighted by Crippen LogP contribution is -2.35. The van der Waals surface area contributed by atoms with Crippen molar-refractivity contribution in [1.29, 1.82) is 0 Å². The van der Waals surface area contributed by atoms with Crippen LogP contribution in [0, 0.1) is 0 Å². The van der Waals surface area contributed by atoms with Gasteiger partial charge in [0, 0.05) is 17.8 Å². The fourth-order valence-electron chi connectivity index (χ4n) is 3.62. The molecule has 3 heterocycles. The number of hydrogen-bond donors (Lipinski definition) is 1. The molecule has 0 saturated carbocycles. The molecule has 31 heavy (non-hydrogen) atoms. The van der Waals surface area contributed by atoms with Crippen molar-refractivity contribution in [2.45, 2.75) is 59.2 Å². The third-order valence-corrected chi connectivity index (χ3v) is 5.34. The van der Waals surface area contributed by atoms with Crippen molar-refractivity contribution in [3.63, 3.8) is 0 Å². The second-order valence-electron chi connectivity index (χ2n) is 7.71. The number of hydrogen-bond acceptors (Lipinski definition) is 6. The zero-order valence-electron chi connectivity index (χ0n) is 18.0. The van der Waals surface area contributed by atoms with Gasteiger partial charge in [0.15, 0.2) is 5.82 Å². The number of rotatable bonds is 8. The third-order valence-electron chi connectivity index (χ3n) is 5.34. The summed E-state index contributed by atoms with van der Waals surface area (Å²) < 4.78 is 8.46. The molecule has 1 amide bonds. The minimum Gasteiger partial charge on any atom is -0.352 e. The zero-order chi connectivity index (χ0) is 22.0. The van der Waals surface area contributed by atoms with E-state index in [4.69, 9.17) is 4.52 Å². The standard InChI is InChI=1S/C22H26N6O3/c1-4-8-17-25-19(31-26-17)12-27-13-23-20-15-9-6-7-10-16(15)28(21(20)22(27)30)11-18(29)24-14(3)5-2/h6-7,9-10,13-14H,4-5,8,11-12H2,1-3H3,(H,24,29)/t14-/m0/s1. The lowest BCUT2D eigenvalue weighted by atomic mass is 10.2. The molecule has 0 spiro atoms. The van der Waals surface area contributed by atoms with Gasteiger partial charge in [-0.2, -0.15) is 4.98 Å². The fraction of sp³-hybridized carbons (Fsp3) is 0.409. The van der Waals surface area contributed by atoms with Crippen molar-refractivity contribution >= 4 is 27.8 Å². The number of benzene rings is 1. The fourth-order valence-corrected chi connectivity index (χ4v) is 3.62. The van der Waals surface area contributed by atoms with E-state index in [-0.39, 0.29) is 30.6 Å². The largest absolute Gasteiger partial charge is 0.352 e. The van der Waals surface area contributed by atoms with Crippen molar-refractivity contribution in [3.8, 4) is 0 Å². The Bertz CT molecular complexity index is 1290. The summed E-state index contributed by atoms with van der Waals surface area (Å²) in [7, 11) is 0. The minimum atomic E-state index is -0.257. The van der Waals surface area contributed by atoms with E-state index in [9.17, 15) is 9.59 Å². The monoisotopic (exact) mass is 422 g/mol. The van der Waals surface area contributed by atoms with Crippen LogP contribution in [-0.4, -0.2) is 36.2 Å². The summed E-state index contributed by atoms with van der Waals surface area (Å²) in [6.07, 6.45) is 3.95. The molecule has 4 rings (SSSR count). The number of carbonyl (C=O) groups excluding carboxylic acids is 1. The maximum absolute atomic E-state index is 13.4. The number of nitrogens with one attached hydrogen (secondary N) is 1.